The fraction of sp³-hybridized carbons (Fsp3) is 0.467. The average molecular weight is 409 g/mol. The van der Waals surface area contributed by atoms with Gasteiger partial charge in [0.1, 0.15) is 5.82 Å². The Morgan fingerprint density at radius 2 is 2.22 bits per heavy atom. The molecule has 2 rings (SSSR count). The van der Waals surface area contributed by atoms with Crippen molar-refractivity contribution in [1.82, 2.24) is 15.5 Å². The monoisotopic (exact) mass is 407 g/mol. The first-order valence-electron chi connectivity index (χ1n) is 7.22. The van der Waals surface area contributed by atoms with Crippen LogP contribution in [0.4, 0.5) is 4.39 Å². The number of nitrogens with zero attached hydrogens (tertiary/aromatic N) is 1. The molecule has 0 aromatic heterocycles. The van der Waals surface area contributed by atoms with Crippen LogP contribution < -0.4 is 10.6 Å². The number of amides is 2. The highest BCUT2D eigenvalue weighted by Gasteiger charge is 2.22. The summed E-state index contributed by atoms with van der Waals surface area (Å²) in [5, 5.41) is 5.88. The van der Waals surface area contributed by atoms with E-state index in [0.29, 0.717) is 11.0 Å². The first kappa shape index (κ1) is 19.9. The Hall–Kier alpha value is -1.18. The van der Waals surface area contributed by atoms with Gasteiger partial charge in [-0.05, 0) is 41.1 Å². The molecule has 1 aromatic rings. The molecule has 2 amide bonds. The van der Waals surface area contributed by atoms with Crippen LogP contribution in [0, 0.1) is 5.82 Å². The van der Waals surface area contributed by atoms with E-state index in [9.17, 15) is 14.0 Å². The number of nitrogens with one attached hydrogen (secondary N) is 2. The van der Waals surface area contributed by atoms with Crippen LogP contribution in [0.3, 0.4) is 0 Å². The Morgan fingerprint density at radius 3 is 2.91 bits per heavy atom. The summed E-state index contributed by atoms with van der Waals surface area (Å²) in [6.45, 7) is 4.49. The van der Waals surface area contributed by atoms with Gasteiger partial charge < -0.3 is 15.5 Å². The minimum absolute atomic E-state index is 0. The third kappa shape index (κ3) is 5.44. The van der Waals surface area contributed by atoms with Crippen LogP contribution in [0.15, 0.2) is 22.7 Å². The van der Waals surface area contributed by atoms with Gasteiger partial charge in [-0.25, -0.2) is 4.39 Å². The molecule has 0 radical (unpaired) electrons. The maximum absolute atomic E-state index is 13.2. The SMILES string of the molecule is C[C@@H]1CNCCN1C(=O)CCNC(=O)c1cc(F)ccc1Br.Cl. The van der Waals surface area contributed by atoms with E-state index in [-0.39, 0.29) is 42.9 Å². The van der Waals surface area contributed by atoms with Gasteiger partial charge in [0.15, 0.2) is 0 Å². The van der Waals surface area contributed by atoms with Crippen LogP contribution in [0.25, 0.3) is 0 Å². The first-order valence-corrected chi connectivity index (χ1v) is 8.02. The van der Waals surface area contributed by atoms with Crippen molar-refractivity contribution in [3.8, 4) is 0 Å². The summed E-state index contributed by atoms with van der Waals surface area (Å²) < 4.78 is 13.7. The predicted molar refractivity (Wildman–Crippen MR) is 92.3 cm³/mol. The highest BCUT2D eigenvalue weighted by Crippen LogP contribution is 2.17. The van der Waals surface area contributed by atoms with Crippen LogP contribution in [0.1, 0.15) is 23.7 Å². The van der Waals surface area contributed by atoms with Gasteiger partial charge in [-0.1, -0.05) is 0 Å². The standard InChI is InChI=1S/C15H19BrFN3O2.ClH/c1-10-9-18-6-7-20(10)14(21)4-5-19-15(22)12-8-11(17)2-3-13(12)16;/h2-3,8,10,18H,4-7,9H2,1H3,(H,19,22);1H/t10-;/m1./s1. The highest BCUT2D eigenvalue weighted by atomic mass is 79.9. The lowest BCUT2D eigenvalue weighted by Gasteiger charge is -2.34. The maximum Gasteiger partial charge on any atom is 0.252 e. The van der Waals surface area contributed by atoms with E-state index >= 15 is 0 Å². The van der Waals surface area contributed by atoms with E-state index in [2.05, 4.69) is 26.6 Å². The molecule has 8 heteroatoms. The highest BCUT2D eigenvalue weighted by molar-refractivity contribution is 9.10. The minimum Gasteiger partial charge on any atom is -0.351 e. The summed E-state index contributed by atoms with van der Waals surface area (Å²) in [5.41, 5.74) is 0.225. The Morgan fingerprint density at radius 1 is 1.48 bits per heavy atom. The molecule has 0 unspecified atom stereocenters. The number of hydrogen-bond acceptors (Lipinski definition) is 3. The minimum atomic E-state index is -0.473. The third-order valence-corrected chi connectivity index (χ3v) is 4.31. The maximum atomic E-state index is 13.2. The third-order valence-electron chi connectivity index (χ3n) is 3.62. The Balaban J connectivity index is 0.00000264. The van der Waals surface area contributed by atoms with Crippen LogP contribution in [-0.2, 0) is 4.79 Å². The number of carbonyl (C=O) groups excluding carboxylic acids is 2. The van der Waals surface area contributed by atoms with Crippen molar-refractivity contribution in [2.24, 2.45) is 0 Å². The zero-order valence-electron chi connectivity index (χ0n) is 12.8. The fourth-order valence-corrected chi connectivity index (χ4v) is 2.83. The fourth-order valence-electron chi connectivity index (χ4n) is 2.40. The van der Waals surface area contributed by atoms with Crippen molar-refractivity contribution >= 4 is 40.2 Å². The number of halogens is 3. The van der Waals surface area contributed by atoms with Gasteiger partial charge in [0, 0.05) is 43.1 Å². The van der Waals surface area contributed by atoms with Crippen molar-refractivity contribution in [1.29, 1.82) is 0 Å². The van der Waals surface area contributed by atoms with Gasteiger partial charge in [-0.15, -0.1) is 12.4 Å². The zero-order valence-corrected chi connectivity index (χ0v) is 15.2. The van der Waals surface area contributed by atoms with E-state index < -0.39 is 11.7 Å². The summed E-state index contributed by atoms with van der Waals surface area (Å²) in [7, 11) is 0. The quantitative estimate of drug-likeness (QED) is 0.800. The predicted octanol–water partition coefficient (Wildman–Crippen LogP) is 1.95. The molecule has 0 bridgehead atoms. The molecule has 1 atom stereocenters. The largest absolute Gasteiger partial charge is 0.351 e. The molecule has 128 valence electrons. The molecule has 0 saturated carbocycles. The zero-order chi connectivity index (χ0) is 16.1. The second-order valence-electron chi connectivity index (χ2n) is 5.27. The molecule has 23 heavy (non-hydrogen) atoms. The topological polar surface area (TPSA) is 61.4 Å². The van der Waals surface area contributed by atoms with Gasteiger partial charge in [0.2, 0.25) is 5.91 Å². The summed E-state index contributed by atoms with van der Waals surface area (Å²) >= 11 is 3.21. The molecular formula is C15H20BrClFN3O2. The molecule has 1 fully saturated rings. The second-order valence-corrected chi connectivity index (χ2v) is 6.12. The molecule has 1 aromatic carbocycles. The molecule has 1 aliphatic rings. The van der Waals surface area contributed by atoms with E-state index in [4.69, 9.17) is 0 Å². The number of carbonyl (C=O) groups is 2. The van der Waals surface area contributed by atoms with Crippen LogP contribution >= 0.6 is 28.3 Å². The number of benzene rings is 1. The summed E-state index contributed by atoms with van der Waals surface area (Å²) in [5.74, 6) is -0.848. The molecule has 1 heterocycles. The summed E-state index contributed by atoms with van der Waals surface area (Å²) in [6, 6.07) is 4.09. The van der Waals surface area contributed by atoms with E-state index in [1.165, 1.54) is 18.2 Å². The Labute approximate surface area is 149 Å². The molecule has 1 aliphatic heterocycles. The molecule has 2 N–H and O–H groups in total. The first-order chi connectivity index (χ1) is 10.5. The lowest BCUT2D eigenvalue weighted by atomic mass is 10.2. The lowest BCUT2D eigenvalue weighted by Crippen LogP contribution is -2.52. The second kappa shape index (κ2) is 9.20. The van der Waals surface area contributed by atoms with Crippen molar-refractivity contribution in [2.75, 3.05) is 26.2 Å². The Kier molecular flexibility index (Phi) is 7.94. The van der Waals surface area contributed by atoms with Crippen molar-refractivity contribution < 1.29 is 14.0 Å². The number of hydrogen-bond donors (Lipinski definition) is 2. The molecular weight excluding hydrogens is 389 g/mol. The van der Waals surface area contributed by atoms with E-state index in [0.717, 1.165) is 13.1 Å². The molecule has 1 saturated heterocycles. The van der Waals surface area contributed by atoms with E-state index in [1.54, 1.807) is 0 Å². The Bertz CT molecular complexity index is 574. The molecule has 5 nitrogen and oxygen atoms in total. The molecule has 0 aliphatic carbocycles. The van der Waals surface area contributed by atoms with E-state index in [1.807, 2.05) is 11.8 Å². The van der Waals surface area contributed by atoms with Gasteiger partial charge in [0.05, 0.1) is 5.56 Å². The normalized spacial score (nSPS) is 17.3. The van der Waals surface area contributed by atoms with Gasteiger partial charge in [0.25, 0.3) is 5.91 Å². The van der Waals surface area contributed by atoms with Crippen molar-refractivity contribution in [3.63, 3.8) is 0 Å². The average Bonchev–Trinajstić information content (AvgIpc) is 2.49. The van der Waals surface area contributed by atoms with Gasteiger partial charge in [-0.3, -0.25) is 9.59 Å². The van der Waals surface area contributed by atoms with Crippen LogP contribution in [0.2, 0.25) is 0 Å². The van der Waals surface area contributed by atoms with Gasteiger partial charge in [-0.2, -0.15) is 0 Å². The number of piperazine rings is 1. The van der Waals surface area contributed by atoms with Crippen molar-refractivity contribution in [3.05, 3.63) is 34.1 Å². The van der Waals surface area contributed by atoms with Gasteiger partial charge >= 0.3 is 0 Å². The summed E-state index contributed by atoms with van der Waals surface area (Å²) in [6.07, 6.45) is 0.239. The summed E-state index contributed by atoms with van der Waals surface area (Å²) in [4.78, 5) is 25.9. The van der Waals surface area contributed by atoms with Crippen LogP contribution in [0.5, 0.6) is 0 Å². The smallest absolute Gasteiger partial charge is 0.252 e. The lowest BCUT2D eigenvalue weighted by molar-refractivity contribution is -0.133. The van der Waals surface area contributed by atoms with Crippen LogP contribution in [-0.4, -0.2) is 48.9 Å². The molecule has 0 spiro atoms. The van der Waals surface area contributed by atoms with Crippen molar-refractivity contribution in [2.45, 2.75) is 19.4 Å². The number of rotatable bonds is 4.